The van der Waals surface area contributed by atoms with Crippen molar-refractivity contribution in [3.05, 3.63) is 53.6 Å². The first-order valence-electron chi connectivity index (χ1n) is 8.92. The number of imidazole rings is 1. The van der Waals surface area contributed by atoms with E-state index < -0.39 is 6.04 Å². The second-order valence-corrected chi connectivity index (χ2v) is 6.67. The van der Waals surface area contributed by atoms with Gasteiger partial charge in [0.2, 0.25) is 0 Å². The predicted octanol–water partition coefficient (Wildman–Crippen LogP) is 1.51. The highest BCUT2D eigenvalue weighted by molar-refractivity contribution is 5.95. The second-order valence-electron chi connectivity index (χ2n) is 6.67. The fraction of sp³-hybridized carbons (Fsp3) is 0.368. The molecule has 2 aromatic rings. The molecule has 138 valence electrons. The normalized spacial score (nSPS) is 19.3. The minimum absolute atomic E-state index is 0.169. The molecule has 1 fully saturated rings. The molecule has 27 heavy (non-hydrogen) atoms. The van der Waals surface area contributed by atoms with E-state index in [1.165, 1.54) is 5.06 Å². The predicted molar refractivity (Wildman–Crippen MR) is 94.1 cm³/mol. The molecule has 1 aromatic heterocycles. The number of nitriles is 1. The van der Waals surface area contributed by atoms with Crippen LogP contribution in [0, 0.1) is 11.3 Å². The largest absolute Gasteiger partial charge is 0.330 e. The second kappa shape index (κ2) is 7.21. The van der Waals surface area contributed by atoms with Gasteiger partial charge < -0.3 is 9.47 Å². The molecule has 8 heteroatoms. The Hall–Kier alpha value is -3.18. The van der Waals surface area contributed by atoms with Crippen LogP contribution in [0.5, 0.6) is 0 Å². The highest BCUT2D eigenvalue weighted by Gasteiger charge is 2.36. The van der Waals surface area contributed by atoms with Gasteiger partial charge in [-0.25, -0.2) is 10.0 Å². The number of fused-ring (bicyclic) bond motifs is 1. The summed E-state index contributed by atoms with van der Waals surface area (Å²) in [6.07, 6.45) is 5.13. The Bertz CT molecular complexity index is 910. The van der Waals surface area contributed by atoms with Gasteiger partial charge in [-0.2, -0.15) is 5.26 Å². The van der Waals surface area contributed by atoms with E-state index in [1.807, 2.05) is 10.6 Å². The molecule has 0 saturated carbocycles. The number of carbonyl (C=O) groups excluding carboxylic acids is 2. The first-order chi connectivity index (χ1) is 13.2. The Kier molecular flexibility index (Phi) is 4.60. The van der Waals surface area contributed by atoms with Crippen LogP contribution in [0.4, 0.5) is 0 Å². The van der Waals surface area contributed by atoms with Crippen molar-refractivity contribution in [2.24, 2.45) is 0 Å². The first kappa shape index (κ1) is 17.2. The van der Waals surface area contributed by atoms with Crippen molar-refractivity contribution in [3.63, 3.8) is 0 Å². The number of rotatable bonds is 2. The summed E-state index contributed by atoms with van der Waals surface area (Å²) in [7, 11) is 0. The van der Waals surface area contributed by atoms with E-state index in [2.05, 4.69) is 4.98 Å². The minimum atomic E-state index is -0.572. The minimum Gasteiger partial charge on any atom is -0.330 e. The van der Waals surface area contributed by atoms with Gasteiger partial charge in [0.15, 0.2) is 0 Å². The van der Waals surface area contributed by atoms with Gasteiger partial charge in [0.25, 0.3) is 11.8 Å². The lowest BCUT2D eigenvalue weighted by atomic mass is 10.1. The maximum Gasteiger partial charge on any atom is 0.271 e. The standard InChI is InChI=1S/C19H19N5O3/c20-9-14-4-3-5-15(8-14)18(25)22-11-16-10-21-13-23(16)17(12-22)19(26)24-6-1-2-7-27-24/h3-5,8,10,13,17H,1-2,6-7,11-12H2/t17-/m0/s1. The average Bonchev–Trinajstić information content (AvgIpc) is 3.21. The van der Waals surface area contributed by atoms with E-state index in [-0.39, 0.29) is 18.4 Å². The van der Waals surface area contributed by atoms with Crippen LogP contribution in [-0.2, 0) is 16.2 Å². The summed E-state index contributed by atoms with van der Waals surface area (Å²) in [5, 5.41) is 10.5. The van der Waals surface area contributed by atoms with Crippen molar-refractivity contribution >= 4 is 11.8 Å². The molecule has 1 aromatic carbocycles. The van der Waals surface area contributed by atoms with Gasteiger partial charge in [-0.3, -0.25) is 14.4 Å². The summed E-state index contributed by atoms with van der Waals surface area (Å²) in [5.74, 6) is -0.380. The van der Waals surface area contributed by atoms with E-state index in [0.29, 0.717) is 30.8 Å². The molecule has 2 amide bonds. The van der Waals surface area contributed by atoms with Crippen LogP contribution < -0.4 is 0 Å². The number of aromatic nitrogens is 2. The zero-order valence-corrected chi connectivity index (χ0v) is 14.7. The number of hydroxylamine groups is 2. The Balaban J connectivity index is 1.60. The SMILES string of the molecule is N#Cc1cccc(C(=O)N2Cc3cncn3[C@H](C(=O)N3CCCCO3)C2)c1. The number of amides is 2. The molecule has 1 atom stereocenters. The van der Waals surface area contributed by atoms with Gasteiger partial charge >= 0.3 is 0 Å². The summed E-state index contributed by atoms with van der Waals surface area (Å²) < 4.78 is 1.82. The zero-order chi connectivity index (χ0) is 18.8. The molecule has 0 spiro atoms. The maximum absolute atomic E-state index is 13.0. The number of carbonyl (C=O) groups is 2. The van der Waals surface area contributed by atoms with Gasteiger partial charge in [-0.15, -0.1) is 0 Å². The molecular formula is C19H19N5O3. The first-order valence-corrected chi connectivity index (χ1v) is 8.92. The van der Waals surface area contributed by atoms with Crippen LogP contribution in [0.1, 0.15) is 40.5 Å². The Morgan fingerprint density at radius 3 is 2.96 bits per heavy atom. The summed E-state index contributed by atoms with van der Waals surface area (Å²) in [6, 6.07) is 8.06. The van der Waals surface area contributed by atoms with E-state index in [9.17, 15) is 9.59 Å². The highest BCUT2D eigenvalue weighted by Crippen LogP contribution is 2.25. The van der Waals surface area contributed by atoms with Crippen LogP contribution in [0.3, 0.4) is 0 Å². The van der Waals surface area contributed by atoms with Crippen molar-refractivity contribution in [2.45, 2.75) is 25.4 Å². The van der Waals surface area contributed by atoms with Crippen molar-refractivity contribution in [3.8, 4) is 6.07 Å². The van der Waals surface area contributed by atoms with Gasteiger partial charge in [-0.1, -0.05) is 6.07 Å². The molecule has 0 radical (unpaired) electrons. The lowest BCUT2D eigenvalue weighted by Crippen LogP contribution is -2.48. The van der Waals surface area contributed by atoms with Crippen LogP contribution >= 0.6 is 0 Å². The maximum atomic E-state index is 13.0. The number of benzene rings is 1. The van der Waals surface area contributed by atoms with Crippen LogP contribution in [0.25, 0.3) is 0 Å². The Morgan fingerprint density at radius 2 is 2.19 bits per heavy atom. The Morgan fingerprint density at radius 1 is 1.30 bits per heavy atom. The molecule has 2 aliphatic rings. The van der Waals surface area contributed by atoms with Crippen molar-refractivity contribution in [1.29, 1.82) is 5.26 Å². The van der Waals surface area contributed by atoms with Crippen LogP contribution in [0.15, 0.2) is 36.8 Å². The topological polar surface area (TPSA) is 91.5 Å². The average molecular weight is 365 g/mol. The van der Waals surface area contributed by atoms with Gasteiger partial charge in [0, 0.05) is 18.3 Å². The van der Waals surface area contributed by atoms with E-state index in [1.54, 1.807) is 41.7 Å². The number of nitrogens with zero attached hydrogens (tertiary/aromatic N) is 5. The smallest absolute Gasteiger partial charge is 0.271 e. The molecule has 4 rings (SSSR count). The molecular weight excluding hydrogens is 346 g/mol. The molecule has 0 bridgehead atoms. The monoisotopic (exact) mass is 365 g/mol. The molecule has 2 aliphatic heterocycles. The quantitative estimate of drug-likeness (QED) is 0.804. The lowest BCUT2D eigenvalue weighted by Gasteiger charge is -2.36. The third-order valence-corrected chi connectivity index (χ3v) is 4.89. The van der Waals surface area contributed by atoms with Crippen LogP contribution in [-0.4, -0.2) is 51.0 Å². The van der Waals surface area contributed by atoms with Crippen LogP contribution in [0.2, 0.25) is 0 Å². The summed E-state index contributed by atoms with van der Waals surface area (Å²) in [4.78, 5) is 37.2. The summed E-state index contributed by atoms with van der Waals surface area (Å²) in [5.41, 5.74) is 1.65. The summed E-state index contributed by atoms with van der Waals surface area (Å²) >= 11 is 0. The third-order valence-electron chi connectivity index (χ3n) is 4.89. The van der Waals surface area contributed by atoms with Crippen molar-refractivity contribution < 1.29 is 14.4 Å². The molecule has 0 N–H and O–H groups in total. The zero-order valence-electron chi connectivity index (χ0n) is 14.7. The molecule has 8 nitrogen and oxygen atoms in total. The van der Waals surface area contributed by atoms with Crippen molar-refractivity contribution in [2.75, 3.05) is 19.7 Å². The lowest BCUT2D eigenvalue weighted by molar-refractivity contribution is -0.201. The van der Waals surface area contributed by atoms with Gasteiger partial charge in [0.1, 0.15) is 6.04 Å². The van der Waals surface area contributed by atoms with E-state index >= 15 is 0 Å². The van der Waals surface area contributed by atoms with Crippen molar-refractivity contribution in [1.82, 2.24) is 19.5 Å². The molecule has 3 heterocycles. The molecule has 1 saturated heterocycles. The third kappa shape index (κ3) is 3.29. The highest BCUT2D eigenvalue weighted by atomic mass is 16.7. The van der Waals surface area contributed by atoms with E-state index in [4.69, 9.17) is 10.1 Å². The molecule has 0 unspecified atom stereocenters. The fourth-order valence-corrected chi connectivity index (χ4v) is 3.48. The van der Waals surface area contributed by atoms with Gasteiger partial charge in [0.05, 0.1) is 43.4 Å². The molecule has 0 aliphatic carbocycles. The number of hydrogen-bond donors (Lipinski definition) is 0. The fourth-order valence-electron chi connectivity index (χ4n) is 3.48. The Labute approximate surface area is 156 Å². The van der Waals surface area contributed by atoms with E-state index in [0.717, 1.165) is 18.5 Å². The van der Waals surface area contributed by atoms with Gasteiger partial charge in [-0.05, 0) is 31.0 Å². The summed E-state index contributed by atoms with van der Waals surface area (Å²) in [6.45, 7) is 1.67. The number of hydrogen-bond acceptors (Lipinski definition) is 5.